The van der Waals surface area contributed by atoms with Gasteiger partial charge in [0, 0.05) is 25.0 Å². The molecule has 0 unspecified atom stereocenters. The first-order valence-corrected chi connectivity index (χ1v) is 6.33. The topological polar surface area (TPSA) is 87.7 Å². The Hall–Kier alpha value is -2.14. The van der Waals surface area contributed by atoms with Crippen LogP contribution in [0.5, 0.6) is 5.75 Å². The van der Waals surface area contributed by atoms with Gasteiger partial charge in [-0.25, -0.2) is 0 Å². The van der Waals surface area contributed by atoms with Gasteiger partial charge >= 0.3 is 0 Å². The number of carbonyl (C=O) groups excluding carboxylic acids is 1. The lowest BCUT2D eigenvalue weighted by Gasteiger charge is -2.08. The maximum atomic E-state index is 12.0. The Morgan fingerprint density at radius 2 is 2.05 bits per heavy atom. The molecule has 2 aromatic rings. The molecule has 1 atom stereocenters. The van der Waals surface area contributed by atoms with Crippen LogP contribution in [0.1, 0.15) is 24.7 Å². The van der Waals surface area contributed by atoms with Gasteiger partial charge in [0.2, 0.25) is 0 Å². The molecule has 5 heteroatoms. The number of phenols is 1. The van der Waals surface area contributed by atoms with E-state index in [1.807, 2.05) is 0 Å². The quantitative estimate of drug-likeness (QED) is 0.887. The number of carbonyl (C=O) groups is 1. The summed E-state index contributed by atoms with van der Waals surface area (Å²) in [5.74, 6) is 0.173. The van der Waals surface area contributed by atoms with Crippen molar-refractivity contribution in [1.29, 1.82) is 0 Å². The maximum Gasteiger partial charge on any atom is 0.193 e. The smallest absolute Gasteiger partial charge is 0.193 e. The molecule has 0 spiro atoms. The van der Waals surface area contributed by atoms with Gasteiger partial charge in [-0.15, -0.1) is 0 Å². The zero-order valence-corrected chi connectivity index (χ0v) is 11.3. The standard InChI is InChI=1S/C15H16O5/c1-8(16)3-11(17)5-10-6-12(18)7-14-15(10)13(19)4-9(2)20-14/h4,6-8,16,18H,3,5H2,1-2H3/t8-/m0/s1. The summed E-state index contributed by atoms with van der Waals surface area (Å²) in [6.07, 6.45) is -0.748. The summed E-state index contributed by atoms with van der Waals surface area (Å²) >= 11 is 0. The van der Waals surface area contributed by atoms with E-state index in [2.05, 4.69) is 0 Å². The zero-order chi connectivity index (χ0) is 14.9. The molecule has 0 saturated heterocycles. The van der Waals surface area contributed by atoms with Crippen molar-refractivity contribution in [3.63, 3.8) is 0 Å². The number of ketones is 1. The number of hydrogen-bond donors (Lipinski definition) is 2. The van der Waals surface area contributed by atoms with Crippen molar-refractivity contribution >= 4 is 16.8 Å². The van der Waals surface area contributed by atoms with Crippen LogP contribution in [0.3, 0.4) is 0 Å². The van der Waals surface area contributed by atoms with Gasteiger partial charge < -0.3 is 14.6 Å². The van der Waals surface area contributed by atoms with Crippen molar-refractivity contribution in [3.8, 4) is 5.75 Å². The van der Waals surface area contributed by atoms with Gasteiger partial charge in [0.1, 0.15) is 22.9 Å². The molecule has 0 aliphatic heterocycles. The van der Waals surface area contributed by atoms with Crippen LogP contribution in [-0.4, -0.2) is 22.1 Å². The molecule has 1 heterocycles. The van der Waals surface area contributed by atoms with Crippen molar-refractivity contribution in [3.05, 3.63) is 39.7 Å². The summed E-state index contributed by atoms with van der Waals surface area (Å²) in [5.41, 5.74) is 0.429. The molecule has 0 aliphatic rings. The number of rotatable bonds is 4. The van der Waals surface area contributed by atoms with E-state index in [0.29, 0.717) is 16.7 Å². The predicted molar refractivity (Wildman–Crippen MR) is 73.9 cm³/mol. The molecule has 20 heavy (non-hydrogen) atoms. The molecule has 5 nitrogen and oxygen atoms in total. The van der Waals surface area contributed by atoms with Crippen molar-refractivity contribution in [2.75, 3.05) is 0 Å². The Balaban J connectivity index is 2.52. The number of phenolic OH excluding ortho intramolecular Hbond substituents is 1. The molecule has 2 N–H and O–H groups in total. The first-order valence-electron chi connectivity index (χ1n) is 6.33. The molecular formula is C15H16O5. The third kappa shape index (κ3) is 3.05. The van der Waals surface area contributed by atoms with Crippen LogP contribution in [0.4, 0.5) is 0 Å². The first-order chi connectivity index (χ1) is 9.36. The fourth-order valence-electron chi connectivity index (χ4n) is 2.23. The second kappa shape index (κ2) is 5.46. The highest BCUT2D eigenvalue weighted by Gasteiger charge is 2.14. The van der Waals surface area contributed by atoms with Crippen molar-refractivity contribution in [2.24, 2.45) is 0 Å². The summed E-state index contributed by atoms with van der Waals surface area (Å²) in [4.78, 5) is 23.8. The molecule has 0 radical (unpaired) electrons. The predicted octanol–water partition coefficient (Wildman–Crippen LogP) is 1.69. The number of aliphatic hydroxyl groups is 1. The fraction of sp³-hybridized carbons (Fsp3) is 0.333. The van der Waals surface area contributed by atoms with Gasteiger partial charge in [-0.2, -0.15) is 0 Å². The van der Waals surface area contributed by atoms with Crippen LogP contribution in [0.15, 0.2) is 27.4 Å². The van der Waals surface area contributed by atoms with E-state index in [0.717, 1.165) is 0 Å². The number of aliphatic hydroxyl groups excluding tert-OH is 1. The van der Waals surface area contributed by atoms with E-state index in [1.165, 1.54) is 25.1 Å². The second-order valence-electron chi connectivity index (χ2n) is 4.97. The minimum atomic E-state index is -0.732. The van der Waals surface area contributed by atoms with Crippen LogP contribution in [0.25, 0.3) is 11.0 Å². The average Bonchev–Trinajstić information content (AvgIpc) is 2.24. The molecule has 1 aromatic carbocycles. The summed E-state index contributed by atoms with van der Waals surface area (Å²) in [7, 11) is 0. The molecule has 0 aliphatic carbocycles. The fourth-order valence-corrected chi connectivity index (χ4v) is 2.23. The van der Waals surface area contributed by atoms with E-state index < -0.39 is 6.10 Å². The third-order valence-corrected chi connectivity index (χ3v) is 2.93. The maximum absolute atomic E-state index is 12.0. The molecule has 106 valence electrons. The van der Waals surface area contributed by atoms with Gasteiger partial charge in [0.05, 0.1) is 11.5 Å². The highest BCUT2D eigenvalue weighted by Crippen LogP contribution is 2.24. The molecule has 0 saturated carbocycles. The lowest BCUT2D eigenvalue weighted by molar-refractivity contribution is -0.120. The van der Waals surface area contributed by atoms with Crippen LogP contribution >= 0.6 is 0 Å². The van der Waals surface area contributed by atoms with Gasteiger partial charge in [-0.1, -0.05) is 0 Å². The molecular weight excluding hydrogens is 260 g/mol. The lowest BCUT2D eigenvalue weighted by Crippen LogP contribution is -2.13. The van der Waals surface area contributed by atoms with Gasteiger partial charge in [0.25, 0.3) is 0 Å². The van der Waals surface area contributed by atoms with Gasteiger partial charge in [-0.3, -0.25) is 9.59 Å². The Morgan fingerprint density at radius 3 is 2.70 bits per heavy atom. The van der Waals surface area contributed by atoms with E-state index in [4.69, 9.17) is 4.42 Å². The van der Waals surface area contributed by atoms with Crippen molar-refractivity contribution < 1.29 is 19.4 Å². The monoisotopic (exact) mass is 276 g/mol. The van der Waals surface area contributed by atoms with Crippen LogP contribution in [0, 0.1) is 6.92 Å². The molecule has 0 bridgehead atoms. The second-order valence-corrected chi connectivity index (χ2v) is 4.97. The Morgan fingerprint density at radius 1 is 1.35 bits per heavy atom. The van der Waals surface area contributed by atoms with Crippen LogP contribution in [-0.2, 0) is 11.2 Å². The number of Topliss-reactive ketones (excluding diaryl/α,β-unsaturated/α-hetero) is 1. The lowest BCUT2D eigenvalue weighted by atomic mass is 10.0. The summed E-state index contributed by atoms with van der Waals surface area (Å²) in [6, 6.07) is 4.09. The zero-order valence-electron chi connectivity index (χ0n) is 11.3. The summed E-state index contributed by atoms with van der Waals surface area (Å²) < 4.78 is 5.41. The average molecular weight is 276 g/mol. The summed E-state index contributed by atoms with van der Waals surface area (Å²) in [5, 5.41) is 19.2. The Kier molecular flexibility index (Phi) is 3.90. The Labute approximate surface area is 115 Å². The number of benzene rings is 1. The van der Waals surface area contributed by atoms with Crippen LogP contribution < -0.4 is 5.43 Å². The van der Waals surface area contributed by atoms with Crippen molar-refractivity contribution in [1.82, 2.24) is 0 Å². The number of hydrogen-bond acceptors (Lipinski definition) is 5. The SMILES string of the molecule is Cc1cc(=O)c2c(CC(=O)C[C@H](C)O)cc(O)cc2o1. The minimum absolute atomic E-state index is 0.00828. The normalized spacial score (nSPS) is 12.6. The number of aryl methyl sites for hydroxylation is 1. The molecule has 0 fully saturated rings. The number of aromatic hydroxyl groups is 1. The Bertz CT molecular complexity index is 707. The van der Waals surface area contributed by atoms with E-state index in [-0.39, 0.29) is 35.4 Å². The number of fused-ring (bicyclic) bond motifs is 1. The molecule has 0 amide bonds. The molecule has 1 aromatic heterocycles. The van der Waals surface area contributed by atoms with E-state index in [1.54, 1.807) is 6.92 Å². The largest absolute Gasteiger partial charge is 0.508 e. The van der Waals surface area contributed by atoms with Crippen molar-refractivity contribution in [2.45, 2.75) is 32.8 Å². The van der Waals surface area contributed by atoms with Gasteiger partial charge in [-0.05, 0) is 25.5 Å². The summed E-state index contributed by atoms with van der Waals surface area (Å²) in [6.45, 7) is 3.17. The highest BCUT2D eigenvalue weighted by molar-refractivity contribution is 5.89. The van der Waals surface area contributed by atoms with Crippen LogP contribution in [0.2, 0.25) is 0 Å². The first kappa shape index (κ1) is 14.3. The highest BCUT2D eigenvalue weighted by atomic mass is 16.3. The van der Waals surface area contributed by atoms with Gasteiger partial charge in [0.15, 0.2) is 5.43 Å². The van der Waals surface area contributed by atoms with E-state index >= 15 is 0 Å². The van der Waals surface area contributed by atoms with E-state index in [9.17, 15) is 19.8 Å². The molecule has 2 rings (SSSR count). The minimum Gasteiger partial charge on any atom is -0.508 e. The third-order valence-electron chi connectivity index (χ3n) is 2.93.